The van der Waals surface area contributed by atoms with Crippen LogP contribution in [0.4, 0.5) is 0 Å². The van der Waals surface area contributed by atoms with Crippen molar-refractivity contribution >= 4 is 24.2 Å². The lowest BCUT2D eigenvalue weighted by atomic mass is 9.71. The molecule has 0 aromatic heterocycles. The summed E-state index contributed by atoms with van der Waals surface area (Å²) in [7, 11) is 0. The van der Waals surface area contributed by atoms with Crippen LogP contribution in [-0.2, 0) is 9.59 Å². The zero-order chi connectivity index (χ0) is 16.4. The van der Waals surface area contributed by atoms with Crippen molar-refractivity contribution in [1.29, 1.82) is 0 Å². The molecule has 3 atom stereocenters. The second kappa shape index (κ2) is 7.40. The number of hydrogen-bond acceptors (Lipinski definition) is 4. The van der Waals surface area contributed by atoms with Crippen molar-refractivity contribution in [3.8, 4) is 5.75 Å². The summed E-state index contributed by atoms with van der Waals surface area (Å²) in [6, 6.07) is 8.18. The van der Waals surface area contributed by atoms with Crippen LogP contribution in [0.3, 0.4) is 0 Å². The van der Waals surface area contributed by atoms with Crippen LogP contribution < -0.4 is 21.1 Å². The lowest BCUT2D eigenvalue weighted by Crippen LogP contribution is -2.52. The van der Waals surface area contributed by atoms with Crippen molar-refractivity contribution in [3.05, 3.63) is 29.8 Å². The first-order valence-electron chi connectivity index (χ1n) is 8.03. The van der Waals surface area contributed by atoms with E-state index in [9.17, 15) is 9.59 Å². The molecule has 1 aromatic carbocycles. The number of carbonyl (C=O) groups excluding carboxylic acids is 2. The standard InChI is InChI=1S/C17H23N3O3.ClH/c1-17-7-11(13-4-2-3-5-14(13)23-17)6-12(8-17)20-16(22)10-19-15(21)9-18;/h2-5,11-12H,6-10,18H2,1H3,(H,19,21)(H,20,22);1H/t11?,12-,17?;/m1./s1. The van der Waals surface area contributed by atoms with Crippen LogP contribution in [0.25, 0.3) is 0 Å². The van der Waals surface area contributed by atoms with E-state index in [0.717, 1.165) is 25.0 Å². The van der Waals surface area contributed by atoms with Gasteiger partial charge in [0.15, 0.2) is 0 Å². The third kappa shape index (κ3) is 3.99. The monoisotopic (exact) mass is 353 g/mol. The van der Waals surface area contributed by atoms with Crippen molar-refractivity contribution < 1.29 is 14.3 Å². The molecular formula is C17H24ClN3O3. The summed E-state index contributed by atoms with van der Waals surface area (Å²) in [6.45, 7) is 1.96. The first kappa shape index (κ1) is 18.5. The highest BCUT2D eigenvalue weighted by Gasteiger charge is 2.44. The molecule has 1 aliphatic carbocycles. The highest BCUT2D eigenvalue weighted by atomic mass is 35.5. The van der Waals surface area contributed by atoms with Crippen molar-refractivity contribution in [2.45, 2.75) is 43.7 Å². The number of nitrogens with two attached hydrogens (primary N) is 1. The maximum absolute atomic E-state index is 12.0. The van der Waals surface area contributed by atoms with Crippen molar-refractivity contribution in [3.63, 3.8) is 0 Å². The minimum Gasteiger partial charge on any atom is -0.487 e. The van der Waals surface area contributed by atoms with Crippen LogP contribution in [0, 0.1) is 0 Å². The summed E-state index contributed by atoms with van der Waals surface area (Å²) >= 11 is 0. The number of amides is 2. The molecule has 0 spiro atoms. The van der Waals surface area contributed by atoms with E-state index in [2.05, 4.69) is 23.6 Å². The molecule has 0 radical (unpaired) electrons. The summed E-state index contributed by atoms with van der Waals surface area (Å²) in [6.07, 6.45) is 2.64. The van der Waals surface area contributed by atoms with Crippen LogP contribution in [-0.4, -0.2) is 36.5 Å². The molecule has 1 heterocycles. The Morgan fingerprint density at radius 2 is 2.04 bits per heavy atom. The maximum atomic E-state index is 12.0. The number of para-hydroxylation sites is 1. The molecule has 4 N–H and O–H groups in total. The average Bonchev–Trinajstić information content (AvgIpc) is 2.51. The molecule has 6 nitrogen and oxygen atoms in total. The van der Waals surface area contributed by atoms with Crippen molar-refractivity contribution in [1.82, 2.24) is 10.6 Å². The molecular weight excluding hydrogens is 330 g/mol. The van der Waals surface area contributed by atoms with E-state index < -0.39 is 0 Å². The highest BCUT2D eigenvalue weighted by molar-refractivity contribution is 5.85. The van der Waals surface area contributed by atoms with Crippen LogP contribution in [0.1, 0.15) is 37.7 Å². The van der Waals surface area contributed by atoms with Gasteiger partial charge in [0.05, 0.1) is 13.1 Å². The molecule has 7 heteroatoms. The van der Waals surface area contributed by atoms with Gasteiger partial charge in [-0.15, -0.1) is 12.4 Å². The van der Waals surface area contributed by atoms with E-state index in [0.29, 0.717) is 5.92 Å². The molecule has 3 rings (SSSR count). The number of rotatable bonds is 4. The van der Waals surface area contributed by atoms with E-state index in [1.807, 2.05) is 18.2 Å². The molecule has 2 aliphatic rings. The van der Waals surface area contributed by atoms with Crippen molar-refractivity contribution in [2.75, 3.05) is 13.1 Å². The Bertz CT molecular complexity index is 625. The van der Waals surface area contributed by atoms with Gasteiger partial charge >= 0.3 is 0 Å². The lowest BCUT2D eigenvalue weighted by molar-refractivity contribution is -0.126. The van der Waals surface area contributed by atoms with Gasteiger partial charge in [-0.05, 0) is 37.3 Å². The van der Waals surface area contributed by atoms with Gasteiger partial charge in [-0.2, -0.15) is 0 Å². The van der Waals surface area contributed by atoms with Gasteiger partial charge in [0.25, 0.3) is 0 Å². The zero-order valence-corrected chi connectivity index (χ0v) is 14.5. The van der Waals surface area contributed by atoms with Gasteiger partial charge in [0, 0.05) is 12.5 Å². The highest BCUT2D eigenvalue weighted by Crippen LogP contribution is 2.48. The van der Waals surface area contributed by atoms with Crippen LogP contribution >= 0.6 is 12.4 Å². The van der Waals surface area contributed by atoms with Crippen LogP contribution in [0.2, 0.25) is 0 Å². The van der Waals surface area contributed by atoms with Gasteiger partial charge in [0.1, 0.15) is 11.4 Å². The van der Waals surface area contributed by atoms with E-state index >= 15 is 0 Å². The first-order chi connectivity index (χ1) is 11.0. The van der Waals surface area contributed by atoms with E-state index in [1.54, 1.807) is 0 Å². The quantitative estimate of drug-likeness (QED) is 0.755. The molecule has 1 saturated carbocycles. The Morgan fingerprint density at radius 1 is 1.29 bits per heavy atom. The SMILES string of the molecule is CC12CC(C[C@@H](NC(=O)CNC(=O)CN)C1)c1ccccc1O2.Cl. The third-order valence-electron chi connectivity index (χ3n) is 4.64. The normalized spacial score (nSPS) is 27.1. The zero-order valence-electron chi connectivity index (χ0n) is 13.7. The lowest BCUT2D eigenvalue weighted by Gasteiger charge is -2.47. The largest absolute Gasteiger partial charge is 0.487 e. The molecule has 1 fully saturated rings. The Hall–Kier alpha value is -1.79. The minimum atomic E-state index is -0.329. The summed E-state index contributed by atoms with van der Waals surface area (Å²) in [5.41, 5.74) is 6.18. The Morgan fingerprint density at radius 3 is 2.79 bits per heavy atom. The number of carbonyl (C=O) groups is 2. The molecule has 1 aliphatic heterocycles. The summed E-state index contributed by atoms with van der Waals surface area (Å²) in [4.78, 5) is 23.1. The Balaban J connectivity index is 0.00000208. The van der Waals surface area contributed by atoms with Crippen molar-refractivity contribution in [2.24, 2.45) is 5.73 Å². The van der Waals surface area contributed by atoms with Crippen LogP contribution in [0.15, 0.2) is 24.3 Å². The van der Waals surface area contributed by atoms with Gasteiger partial charge in [-0.25, -0.2) is 0 Å². The molecule has 24 heavy (non-hydrogen) atoms. The Labute approximate surface area is 147 Å². The predicted octanol–water partition coefficient (Wildman–Crippen LogP) is 1.09. The predicted molar refractivity (Wildman–Crippen MR) is 93.3 cm³/mol. The van der Waals surface area contributed by atoms with Gasteiger partial charge in [-0.1, -0.05) is 18.2 Å². The first-order valence-corrected chi connectivity index (χ1v) is 8.03. The molecule has 2 unspecified atom stereocenters. The molecule has 132 valence electrons. The fourth-order valence-corrected chi connectivity index (χ4v) is 3.77. The second-order valence-corrected chi connectivity index (χ2v) is 6.68. The summed E-state index contributed by atoms with van der Waals surface area (Å²) < 4.78 is 6.18. The number of ether oxygens (including phenoxy) is 1. The van der Waals surface area contributed by atoms with Crippen LogP contribution in [0.5, 0.6) is 5.75 Å². The summed E-state index contributed by atoms with van der Waals surface area (Å²) in [5, 5.41) is 5.50. The number of benzene rings is 1. The minimum absolute atomic E-state index is 0. The third-order valence-corrected chi connectivity index (χ3v) is 4.64. The maximum Gasteiger partial charge on any atom is 0.239 e. The fraction of sp³-hybridized carbons (Fsp3) is 0.529. The fourth-order valence-electron chi connectivity index (χ4n) is 3.77. The topological polar surface area (TPSA) is 93.5 Å². The number of halogens is 1. The smallest absolute Gasteiger partial charge is 0.239 e. The molecule has 2 bridgehead atoms. The number of hydrogen-bond donors (Lipinski definition) is 3. The van der Waals surface area contributed by atoms with E-state index in [4.69, 9.17) is 10.5 Å². The average molecular weight is 354 g/mol. The molecule has 2 amide bonds. The van der Waals surface area contributed by atoms with E-state index in [-0.39, 0.29) is 49.0 Å². The van der Waals surface area contributed by atoms with Gasteiger partial charge in [0.2, 0.25) is 11.8 Å². The number of nitrogens with one attached hydrogen (secondary N) is 2. The van der Waals surface area contributed by atoms with Gasteiger partial charge < -0.3 is 21.1 Å². The number of fused-ring (bicyclic) bond motifs is 4. The molecule has 0 saturated heterocycles. The second-order valence-electron chi connectivity index (χ2n) is 6.68. The van der Waals surface area contributed by atoms with E-state index in [1.165, 1.54) is 5.56 Å². The Kier molecular flexibility index (Phi) is 5.72. The molecule has 1 aromatic rings. The summed E-state index contributed by atoms with van der Waals surface area (Å²) in [5.74, 6) is 0.840. The van der Waals surface area contributed by atoms with Gasteiger partial charge in [-0.3, -0.25) is 9.59 Å².